The van der Waals surface area contributed by atoms with Crippen LogP contribution in [0, 0.1) is 17.8 Å². The fraction of sp³-hybridized carbons (Fsp3) is 0.833. The molecule has 0 radical (unpaired) electrons. The van der Waals surface area contributed by atoms with Gasteiger partial charge in [-0.25, -0.2) is 0 Å². The molecule has 0 aromatic carbocycles. The van der Waals surface area contributed by atoms with Crippen LogP contribution >= 0.6 is 0 Å². The van der Waals surface area contributed by atoms with Gasteiger partial charge in [0, 0.05) is 13.6 Å². The molecule has 0 aromatic rings. The lowest BCUT2D eigenvalue weighted by Gasteiger charge is -2.35. The van der Waals surface area contributed by atoms with Crippen molar-refractivity contribution in [3.8, 4) is 0 Å². The highest BCUT2D eigenvalue weighted by Gasteiger charge is 2.42. The Balaban J connectivity index is 2.48. The first-order valence-electron chi connectivity index (χ1n) is 5.95. The van der Waals surface area contributed by atoms with Gasteiger partial charge in [-0.2, -0.15) is 0 Å². The van der Waals surface area contributed by atoms with Gasteiger partial charge in [-0.1, -0.05) is 20.3 Å². The summed E-state index contributed by atoms with van der Waals surface area (Å²) in [6.45, 7) is 4.91. The third kappa shape index (κ3) is 2.74. The third-order valence-electron chi connectivity index (χ3n) is 3.57. The monoisotopic (exact) mass is 227 g/mol. The molecule has 0 bridgehead atoms. The molecule has 0 saturated heterocycles. The highest BCUT2D eigenvalue weighted by Crippen LogP contribution is 2.35. The first-order valence-corrected chi connectivity index (χ1v) is 5.95. The van der Waals surface area contributed by atoms with Crippen LogP contribution in [0.3, 0.4) is 0 Å². The second-order valence-electron chi connectivity index (χ2n) is 4.86. The Morgan fingerprint density at radius 3 is 2.31 bits per heavy atom. The van der Waals surface area contributed by atoms with E-state index >= 15 is 0 Å². The van der Waals surface area contributed by atoms with Crippen molar-refractivity contribution in [2.75, 3.05) is 13.6 Å². The van der Waals surface area contributed by atoms with Gasteiger partial charge in [0.2, 0.25) is 5.91 Å². The standard InChI is InChI=1S/C12H21NO3/c1-4-8(2)7-13(3)11(14)9-5-6-10(9)12(15)16/h8-10H,4-7H2,1-3H3,(H,15,16). The van der Waals surface area contributed by atoms with E-state index in [1.807, 2.05) is 0 Å². The summed E-state index contributed by atoms with van der Waals surface area (Å²) in [4.78, 5) is 24.5. The lowest BCUT2D eigenvalue weighted by molar-refractivity contribution is -0.156. The average Bonchev–Trinajstić information content (AvgIpc) is 2.14. The first-order chi connectivity index (χ1) is 7.47. The van der Waals surface area contributed by atoms with E-state index in [4.69, 9.17) is 5.11 Å². The number of hydrogen-bond donors (Lipinski definition) is 1. The van der Waals surface area contributed by atoms with Crippen LogP contribution in [0.15, 0.2) is 0 Å². The maximum atomic E-state index is 12.0. The SMILES string of the molecule is CCC(C)CN(C)C(=O)C1CCC1C(=O)O. The Bertz CT molecular complexity index is 277. The van der Waals surface area contributed by atoms with Gasteiger partial charge in [0.05, 0.1) is 11.8 Å². The van der Waals surface area contributed by atoms with Crippen molar-refractivity contribution in [2.45, 2.75) is 33.1 Å². The van der Waals surface area contributed by atoms with Crippen LogP contribution in [-0.4, -0.2) is 35.5 Å². The molecule has 3 atom stereocenters. The van der Waals surface area contributed by atoms with Crippen molar-refractivity contribution in [3.63, 3.8) is 0 Å². The summed E-state index contributed by atoms with van der Waals surface area (Å²) in [5.41, 5.74) is 0. The Morgan fingerprint density at radius 1 is 1.38 bits per heavy atom. The molecule has 0 heterocycles. The summed E-state index contributed by atoms with van der Waals surface area (Å²) in [7, 11) is 1.77. The number of amides is 1. The molecule has 1 saturated carbocycles. The van der Waals surface area contributed by atoms with Gasteiger partial charge in [0.1, 0.15) is 0 Å². The minimum absolute atomic E-state index is 0.000972. The highest BCUT2D eigenvalue weighted by molar-refractivity contribution is 5.86. The molecule has 0 aromatic heterocycles. The fourth-order valence-electron chi connectivity index (χ4n) is 2.06. The summed E-state index contributed by atoms with van der Waals surface area (Å²) in [6, 6.07) is 0. The van der Waals surface area contributed by atoms with Gasteiger partial charge in [0.15, 0.2) is 0 Å². The van der Waals surface area contributed by atoms with Crippen LogP contribution < -0.4 is 0 Å². The Labute approximate surface area is 96.6 Å². The molecule has 16 heavy (non-hydrogen) atoms. The number of carbonyl (C=O) groups is 2. The van der Waals surface area contributed by atoms with Crippen molar-refractivity contribution in [2.24, 2.45) is 17.8 Å². The number of carboxylic acid groups (broad SMARTS) is 1. The molecule has 4 nitrogen and oxygen atoms in total. The van der Waals surface area contributed by atoms with Gasteiger partial charge < -0.3 is 10.0 Å². The van der Waals surface area contributed by atoms with Crippen LogP contribution in [0.5, 0.6) is 0 Å². The van der Waals surface area contributed by atoms with E-state index in [1.165, 1.54) is 0 Å². The quantitative estimate of drug-likeness (QED) is 0.776. The van der Waals surface area contributed by atoms with E-state index in [-0.39, 0.29) is 11.8 Å². The summed E-state index contributed by atoms with van der Waals surface area (Å²) < 4.78 is 0. The van der Waals surface area contributed by atoms with Crippen LogP contribution in [0.4, 0.5) is 0 Å². The van der Waals surface area contributed by atoms with E-state index in [2.05, 4.69) is 13.8 Å². The van der Waals surface area contributed by atoms with E-state index in [1.54, 1.807) is 11.9 Å². The lowest BCUT2D eigenvalue weighted by atomic mass is 9.73. The first kappa shape index (κ1) is 13.0. The van der Waals surface area contributed by atoms with Crippen molar-refractivity contribution in [1.82, 2.24) is 4.90 Å². The number of rotatable bonds is 5. The van der Waals surface area contributed by atoms with Crippen LogP contribution in [0.25, 0.3) is 0 Å². The topological polar surface area (TPSA) is 57.6 Å². The molecule has 1 N–H and O–H groups in total. The normalized spacial score (nSPS) is 25.7. The number of carbonyl (C=O) groups excluding carboxylic acids is 1. The number of nitrogens with zero attached hydrogens (tertiary/aromatic N) is 1. The van der Waals surface area contributed by atoms with Gasteiger partial charge in [-0.05, 0) is 18.8 Å². The number of carboxylic acids is 1. The van der Waals surface area contributed by atoms with E-state index in [9.17, 15) is 9.59 Å². The predicted molar refractivity (Wildman–Crippen MR) is 60.9 cm³/mol. The van der Waals surface area contributed by atoms with E-state index < -0.39 is 11.9 Å². The molecule has 1 rings (SSSR count). The Morgan fingerprint density at radius 2 is 1.94 bits per heavy atom. The minimum Gasteiger partial charge on any atom is -0.481 e. The van der Waals surface area contributed by atoms with Crippen LogP contribution in [0.1, 0.15) is 33.1 Å². The van der Waals surface area contributed by atoms with E-state index in [0.717, 1.165) is 19.4 Å². The second-order valence-corrected chi connectivity index (χ2v) is 4.86. The second kappa shape index (κ2) is 5.32. The largest absolute Gasteiger partial charge is 0.481 e. The zero-order valence-electron chi connectivity index (χ0n) is 10.3. The van der Waals surface area contributed by atoms with Crippen molar-refractivity contribution >= 4 is 11.9 Å². The minimum atomic E-state index is -0.832. The third-order valence-corrected chi connectivity index (χ3v) is 3.57. The molecule has 92 valence electrons. The van der Waals surface area contributed by atoms with Crippen molar-refractivity contribution < 1.29 is 14.7 Å². The van der Waals surface area contributed by atoms with E-state index in [0.29, 0.717) is 12.3 Å². The Kier molecular flexibility index (Phi) is 4.33. The molecule has 3 unspecified atom stereocenters. The smallest absolute Gasteiger partial charge is 0.307 e. The van der Waals surface area contributed by atoms with Crippen LogP contribution in [-0.2, 0) is 9.59 Å². The van der Waals surface area contributed by atoms with Gasteiger partial charge >= 0.3 is 5.97 Å². The van der Waals surface area contributed by atoms with Gasteiger partial charge in [-0.15, -0.1) is 0 Å². The molecule has 1 amide bonds. The maximum Gasteiger partial charge on any atom is 0.307 e. The lowest BCUT2D eigenvalue weighted by Crippen LogP contribution is -2.45. The molecule has 0 spiro atoms. The molecule has 0 aliphatic heterocycles. The highest BCUT2D eigenvalue weighted by atomic mass is 16.4. The molecule has 1 aliphatic rings. The molecule has 1 aliphatic carbocycles. The maximum absolute atomic E-state index is 12.0. The van der Waals surface area contributed by atoms with Gasteiger partial charge in [-0.3, -0.25) is 9.59 Å². The zero-order valence-corrected chi connectivity index (χ0v) is 10.3. The molecular formula is C12H21NO3. The Hall–Kier alpha value is -1.06. The van der Waals surface area contributed by atoms with Gasteiger partial charge in [0.25, 0.3) is 0 Å². The summed E-state index contributed by atoms with van der Waals surface area (Å²) in [5.74, 6) is -1.10. The molecule has 4 heteroatoms. The fourth-order valence-corrected chi connectivity index (χ4v) is 2.06. The summed E-state index contributed by atoms with van der Waals surface area (Å²) in [5, 5.41) is 8.89. The summed E-state index contributed by atoms with van der Waals surface area (Å²) >= 11 is 0. The van der Waals surface area contributed by atoms with Crippen LogP contribution in [0.2, 0.25) is 0 Å². The summed E-state index contributed by atoms with van der Waals surface area (Å²) in [6.07, 6.45) is 2.40. The average molecular weight is 227 g/mol. The van der Waals surface area contributed by atoms with Crippen molar-refractivity contribution in [1.29, 1.82) is 0 Å². The molecular weight excluding hydrogens is 206 g/mol. The zero-order chi connectivity index (χ0) is 12.3. The van der Waals surface area contributed by atoms with Crippen molar-refractivity contribution in [3.05, 3.63) is 0 Å². The number of hydrogen-bond acceptors (Lipinski definition) is 2. The predicted octanol–water partition coefficient (Wildman–Crippen LogP) is 1.60. The number of aliphatic carboxylic acids is 1. The molecule has 1 fully saturated rings.